The Bertz CT molecular complexity index is 941. The number of nitrogens with zero attached hydrogens (tertiary/aromatic N) is 2. The van der Waals surface area contributed by atoms with Gasteiger partial charge in [0, 0.05) is 23.2 Å². The van der Waals surface area contributed by atoms with Crippen LogP contribution >= 0.6 is 0 Å². The molecule has 1 aliphatic carbocycles. The lowest BCUT2D eigenvalue weighted by atomic mass is 9.68. The van der Waals surface area contributed by atoms with Crippen molar-refractivity contribution in [2.75, 3.05) is 11.1 Å². The van der Waals surface area contributed by atoms with Crippen molar-refractivity contribution in [2.24, 2.45) is 0 Å². The molecule has 6 heteroatoms. The SMILES string of the molecule is CC1(c2cc(NC(=O)Cc3ccc(-c4ccc(N)nc4)cc3)on2)CCC1. The average Bonchev–Trinajstić information content (AvgIpc) is 3.10. The Balaban J connectivity index is 1.37. The monoisotopic (exact) mass is 362 g/mol. The van der Waals surface area contributed by atoms with E-state index >= 15 is 0 Å². The van der Waals surface area contributed by atoms with Gasteiger partial charge in [0.2, 0.25) is 11.8 Å². The van der Waals surface area contributed by atoms with Gasteiger partial charge in [-0.25, -0.2) is 4.98 Å². The van der Waals surface area contributed by atoms with Gasteiger partial charge < -0.3 is 10.3 Å². The van der Waals surface area contributed by atoms with E-state index in [1.807, 2.05) is 36.4 Å². The number of nitrogens with two attached hydrogens (primary N) is 1. The highest BCUT2D eigenvalue weighted by atomic mass is 16.5. The van der Waals surface area contributed by atoms with Crippen LogP contribution in [0.5, 0.6) is 0 Å². The molecule has 0 spiro atoms. The zero-order valence-corrected chi connectivity index (χ0v) is 15.2. The molecule has 1 saturated carbocycles. The Hall–Kier alpha value is -3.15. The van der Waals surface area contributed by atoms with E-state index in [-0.39, 0.29) is 17.7 Å². The van der Waals surface area contributed by atoms with Crippen LogP contribution in [0.3, 0.4) is 0 Å². The number of carbonyl (C=O) groups excluding carboxylic acids is 1. The molecule has 2 heterocycles. The Kier molecular flexibility index (Phi) is 4.39. The van der Waals surface area contributed by atoms with Gasteiger partial charge in [-0.2, -0.15) is 0 Å². The number of benzene rings is 1. The highest BCUT2D eigenvalue weighted by Crippen LogP contribution is 2.43. The van der Waals surface area contributed by atoms with Gasteiger partial charge in [0.05, 0.1) is 12.1 Å². The van der Waals surface area contributed by atoms with Crippen LogP contribution in [0.15, 0.2) is 53.2 Å². The molecule has 6 nitrogen and oxygen atoms in total. The minimum Gasteiger partial charge on any atom is -0.384 e. The van der Waals surface area contributed by atoms with Crippen LogP contribution < -0.4 is 11.1 Å². The van der Waals surface area contributed by atoms with Gasteiger partial charge in [0.15, 0.2) is 0 Å². The van der Waals surface area contributed by atoms with E-state index in [0.717, 1.165) is 35.2 Å². The predicted octanol–water partition coefficient (Wildman–Crippen LogP) is 3.94. The quantitative estimate of drug-likeness (QED) is 0.717. The first-order valence-corrected chi connectivity index (χ1v) is 9.10. The summed E-state index contributed by atoms with van der Waals surface area (Å²) < 4.78 is 5.28. The van der Waals surface area contributed by atoms with Gasteiger partial charge in [0.1, 0.15) is 5.82 Å². The average molecular weight is 362 g/mol. The standard InChI is InChI=1S/C21H22N4O2/c1-21(9-2-10-21)17-12-20(27-25-17)24-19(26)11-14-3-5-15(6-4-14)16-7-8-18(22)23-13-16/h3-8,12-13H,2,9-11H2,1H3,(H2,22,23)(H,24,26). The maximum absolute atomic E-state index is 12.3. The summed E-state index contributed by atoms with van der Waals surface area (Å²) in [7, 11) is 0. The number of hydrogen-bond acceptors (Lipinski definition) is 5. The minimum absolute atomic E-state index is 0.0965. The third-order valence-electron chi connectivity index (χ3n) is 5.29. The predicted molar refractivity (Wildman–Crippen MR) is 104 cm³/mol. The van der Waals surface area contributed by atoms with Crippen molar-refractivity contribution in [2.45, 2.75) is 38.0 Å². The number of pyridine rings is 1. The van der Waals surface area contributed by atoms with Crippen LogP contribution in [-0.2, 0) is 16.6 Å². The normalized spacial score (nSPS) is 15.1. The zero-order valence-electron chi connectivity index (χ0n) is 15.2. The first kappa shape index (κ1) is 17.3. The summed E-state index contributed by atoms with van der Waals surface area (Å²) in [5, 5.41) is 6.91. The Morgan fingerprint density at radius 1 is 1.19 bits per heavy atom. The molecule has 1 fully saturated rings. The highest BCUT2D eigenvalue weighted by Gasteiger charge is 2.36. The fourth-order valence-corrected chi connectivity index (χ4v) is 3.34. The third-order valence-corrected chi connectivity index (χ3v) is 5.29. The molecule has 0 aliphatic heterocycles. The lowest BCUT2D eigenvalue weighted by Crippen LogP contribution is -2.30. The molecule has 1 aliphatic rings. The minimum atomic E-state index is -0.127. The molecule has 3 aromatic rings. The number of nitrogen functional groups attached to an aromatic ring is 1. The summed E-state index contributed by atoms with van der Waals surface area (Å²) in [6, 6.07) is 13.4. The van der Waals surface area contributed by atoms with Crippen molar-refractivity contribution in [1.82, 2.24) is 10.1 Å². The van der Waals surface area contributed by atoms with Crippen LogP contribution in [0.25, 0.3) is 11.1 Å². The van der Waals surface area contributed by atoms with Crippen LogP contribution in [0.2, 0.25) is 0 Å². The van der Waals surface area contributed by atoms with Crippen LogP contribution in [0, 0.1) is 0 Å². The van der Waals surface area contributed by atoms with Gasteiger partial charge in [-0.1, -0.05) is 42.8 Å². The summed E-state index contributed by atoms with van der Waals surface area (Å²) >= 11 is 0. The summed E-state index contributed by atoms with van der Waals surface area (Å²) in [6.45, 7) is 2.18. The molecule has 1 amide bonds. The molecular formula is C21H22N4O2. The molecule has 4 rings (SSSR count). The van der Waals surface area contributed by atoms with Crippen molar-refractivity contribution < 1.29 is 9.32 Å². The number of carbonyl (C=O) groups is 1. The Morgan fingerprint density at radius 3 is 2.56 bits per heavy atom. The van der Waals surface area contributed by atoms with E-state index in [0.29, 0.717) is 11.7 Å². The van der Waals surface area contributed by atoms with E-state index in [1.165, 1.54) is 6.42 Å². The second-order valence-corrected chi connectivity index (χ2v) is 7.38. The largest absolute Gasteiger partial charge is 0.384 e. The molecule has 3 N–H and O–H groups in total. The summed E-state index contributed by atoms with van der Waals surface area (Å²) in [5.41, 5.74) is 9.57. The first-order chi connectivity index (χ1) is 13.0. The number of nitrogens with one attached hydrogen (secondary N) is 1. The van der Waals surface area contributed by atoms with Crippen LogP contribution in [-0.4, -0.2) is 16.0 Å². The maximum Gasteiger partial charge on any atom is 0.231 e. The summed E-state index contributed by atoms with van der Waals surface area (Å²) in [5.74, 6) is 0.778. The number of anilines is 2. The fraction of sp³-hybridized carbons (Fsp3) is 0.286. The number of hydrogen-bond donors (Lipinski definition) is 2. The molecule has 0 bridgehead atoms. The van der Waals surface area contributed by atoms with E-state index in [9.17, 15) is 4.79 Å². The number of amides is 1. The molecule has 0 atom stereocenters. The number of aromatic nitrogens is 2. The Morgan fingerprint density at radius 2 is 1.93 bits per heavy atom. The fourth-order valence-electron chi connectivity index (χ4n) is 3.34. The molecule has 2 aromatic heterocycles. The molecule has 0 saturated heterocycles. The van der Waals surface area contributed by atoms with E-state index in [4.69, 9.17) is 10.3 Å². The molecule has 138 valence electrons. The van der Waals surface area contributed by atoms with Crippen molar-refractivity contribution >= 4 is 17.6 Å². The van der Waals surface area contributed by atoms with E-state index in [1.54, 1.807) is 12.3 Å². The van der Waals surface area contributed by atoms with Crippen molar-refractivity contribution in [1.29, 1.82) is 0 Å². The lowest BCUT2D eigenvalue weighted by Gasteiger charge is -2.35. The summed E-state index contributed by atoms with van der Waals surface area (Å²) in [6.07, 6.45) is 5.45. The smallest absolute Gasteiger partial charge is 0.231 e. The molecule has 0 unspecified atom stereocenters. The number of rotatable bonds is 5. The van der Waals surface area contributed by atoms with Crippen molar-refractivity contribution in [3.05, 3.63) is 59.9 Å². The zero-order chi connectivity index (χ0) is 18.9. The Labute approximate surface area is 157 Å². The topological polar surface area (TPSA) is 94.0 Å². The summed E-state index contributed by atoms with van der Waals surface area (Å²) in [4.78, 5) is 16.4. The van der Waals surface area contributed by atoms with Gasteiger partial charge in [-0.15, -0.1) is 0 Å². The third kappa shape index (κ3) is 3.69. The first-order valence-electron chi connectivity index (χ1n) is 9.10. The molecule has 0 radical (unpaired) electrons. The van der Waals surface area contributed by atoms with Crippen molar-refractivity contribution in [3.63, 3.8) is 0 Å². The van der Waals surface area contributed by atoms with Gasteiger partial charge in [-0.05, 0) is 36.1 Å². The van der Waals surface area contributed by atoms with Crippen molar-refractivity contribution in [3.8, 4) is 11.1 Å². The molecular weight excluding hydrogens is 340 g/mol. The molecule has 27 heavy (non-hydrogen) atoms. The van der Waals surface area contributed by atoms with Gasteiger partial charge >= 0.3 is 0 Å². The second kappa shape index (κ2) is 6.87. The maximum atomic E-state index is 12.3. The second-order valence-electron chi connectivity index (χ2n) is 7.38. The van der Waals surface area contributed by atoms with E-state index < -0.39 is 0 Å². The highest BCUT2D eigenvalue weighted by molar-refractivity contribution is 5.91. The van der Waals surface area contributed by atoms with Gasteiger partial charge in [0.25, 0.3) is 0 Å². The van der Waals surface area contributed by atoms with E-state index in [2.05, 4.69) is 22.4 Å². The molecule has 1 aromatic carbocycles. The van der Waals surface area contributed by atoms with Crippen LogP contribution in [0.1, 0.15) is 37.4 Å². The lowest BCUT2D eigenvalue weighted by molar-refractivity contribution is -0.115. The van der Waals surface area contributed by atoms with Gasteiger partial charge in [-0.3, -0.25) is 10.1 Å². The van der Waals surface area contributed by atoms with Crippen LogP contribution in [0.4, 0.5) is 11.7 Å².